The van der Waals surface area contributed by atoms with E-state index in [0.29, 0.717) is 12.6 Å². The summed E-state index contributed by atoms with van der Waals surface area (Å²) in [7, 11) is 0. The maximum Gasteiger partial charge on any atom is 0.132 e. The second-order valence-electron chi connectivity index (χ2n) is 9.81. The van der Waals surface area contributed by atoms with Crippen molar-refractivity contribution in [1.29, 1.82) is 0 Å². The number of benzene rings is 1. The van der Waals surface area contributed by atoms with E-state index in [1.807, 2.05) is 6.20 Å². The van der Waals surface area contributed by atoms with Gasteiger partial charge in [-0.15, -0.1) is 0 Å². The average molecular weight is 419 g/mol. The number of piperidine rings is 1. The molecule has 1 saturated heterocycles. The predicted octanol–water partition coefficient (Wildman–Crippen LogP) is 6.13. The fourth-order valence-corrected chi connectivity index (χ4v) is 6.29. The number of halogens is 1. The van der Waals surface area contributed by atoms with Crippen molar-refractivity contribution in [2.75, 3.05) is 34.8 Å². The molecule has 2 saturated carbocycles. The van der Waals surface area contributed by atoms with Gasteiger partial charge in [-0.3, -0.25) is 0 Å². The second-order valence-corrected chi connectivity index (χ2v) is 9.81. The number of nitrogens with zero attached hydrogens (tertiary/aromatic N) is 3. The number of pyridine rings is 1. The van der Waals surface area contributed by atoms with Crippen LogP contribution >= 0.6 is 0 Å². The Bertz CT molecular complexity index is 979. The van der Waals surface area contributed by atoms with Crippen molar-refractivity contribution in [1.82, 2.24) is 4.98 Å². The minimum Gasteiger partial charge on any atom is -0.372 e. The third-order valence-electron chi connectivity index (χ3n) is 7.82. The Morgan fingerprint density at radius 2 is 1.84 bits per heavy atom. The number of hydrogen-bond acceptors (Lipinski definition) is 4. The van der Waals surface area contributed by atoms with E-state index in [9.17, 15) is 4.39 Å². The zero-order valence-corrected chi connectivity index (χ0v) is 18.1. The first-order valence-corrected chi connectivity index (χ1v) is 12.0. The van der Waals surface area contributed by atoms with Gasteiger partial charge in [0, 0.05) is 54.0 Å². The zero-order chi connectivity index (χ0) is 20.8. The molecule has 1 aromatic carbocycles. The zero-order valence-electron chi connectivity index (χ0n) is 18.1. The van der Waals surface area contributed by atoms with Gasteiger partial charge >= 0.3 is 0 Å². The third-order valence-corrected chi connectivity index (χ3v) is 7.82. The van der Waals surface area contributed by atoms with Crippen molar-refractivity contribution in [3.63, 3.8) is 0 Å². The predicted molar refractivity (Wildman–Crippen MR) is 126 cm³/mol. The first-order valence-electron chi connectivity index (χ1n) is 12.0. The Balaban J connectivity index is 1.22. The highest BCUT2D eigenvalue weighted by molar-refractivity contribution is 5.76. The molecule has 31 heavy (non-hydrogen) atoms. The molecule has 6 rings (SSSR count). The summed E-state index contributed by atoms with van der Waals surface area (Å²) in [4.78, 5) is 9.37. The molecule has 0 amide bonds. The molecule has 3 fully saturated rings. The lowest BCUT2D eigenvalue weighted by atomic mass is 9.92. The largest absolute Gasteiger partial charge is 0.372 e. The van der Waals surface area contributed by atoms with Gasteiger partial charge in [-0.25, -0.2) is 9.37 Å². The Hall–Kier alpha value is -2.56. The smallest absolute Gasteiger partial charge is 0.132 e. The molecule has 1 aromatic heterocycles. The van der Waals surface area contributed by atoms with Crippen LogP contribution in [0.3, 0.4) is 0 Å². The molecule has 3 heterocycles. The van der Waals surface area contributed by atoms with E-state index >= 15 is 0 Å². The Morgan fingerprint density at radius 3 is 2.58 bits per heavy atom. The first kappa shape index (κ1) is 19.1. The normalized spacial score (nSPS) is 27.3. The SMILES string of the molecule is FC1=Cc2cnc(Nc3ccc(N4CCCCC4)cc3)cc2N(C2CC3CCC2C3)C1. The number of anilines is 4. The summed E-state index contributed by atoms with van der Waals surface area (Å²) in [5.41, 5.74) is 4.36. The van der Waals surface area contributed by atoms with Crippen molar-refractivity contribution in [2.24, 2.45) is 11.8 Å². The van der Waals surface area contributed by atoms with Crippen LogP contribution in [0.25, 0.3) is 6.08 Å². The van der Waals surface area contributed by atoms with Gasteiger partial charge in [0.15, 0.2) is 0 Å². The van der Waals surface area contributed by atoms with E-state index in [1.165, 1.54) is 50.6 Å². The monoisotopic (exact) mass is 418 g/mol. The average Bonchev–Trinajstić information content (AvgIpc) is 3.44. The summed E-state index contributed by atoms with van der Waals surface area (Å²) in [5, 5.41) is 3.47. The highest BCUT2D eigenvalue weighted by atomic mass is 19.1. The molecule has 2 bridgehead atoms. The van der Waals surface area contributed by atoms with Crippen LogP contribution in [0.2, 0.25) is 0 Å². The molecule has 1 N–H and O–H groups in total. The highest BCUT2D eigenvalue weighted by Gasteiger charge is 2.43. The summed E-state index contributed by atoms with van der Waals surface area (Å²) in [6.45, 7) is 2.71. The van der Waals surface area contributed by atoms with Gasteiger partial charge in [-0.2, -0.15) is 0 Å². The van der Waals surface area contributed by atoms with Crippen LogP contribution in [0.4, 0.5) is 27.3 Å². The number of rotatable bonds is 4. The quantitative estimate of drug-likeness (QED) is 0.647. The maximum absolute atomic E-state index is 14.4. The van der Waals surface area contributed by atoms with E-state index in [1.54, 1.807) is 6.08 Å². The van der Waals surface area contributed by atoms with Gasteiger partial charge in [0.2, 0.25) is 0 Å². The summed E-state index contributed by atoms with van der Waals surface area (Å²) in [6.07, 6.45) is 12.6. The molecule has 4 aliphatic rings. The Morgan fingerprint density at radius 1 is 1.00 bits per heavy atom. The number of aromatic nitrogens is 1. The molecule has 0 spiro atoms. The van der Waals surface area contributed by atoms with E-state index in [2.05, 4.69) is 50.4 Å². The number of fused-ring (bicyclic) bond motifs is 3. The molecule has 3 atom stereocenters. The van der Waals surface area contributed by atoms with Crippen molar-refractivity contribution >= 4 is 29.0 Å². The first-order chi connectivity index (χ1) is 15.2. The van der Waals surface area contributed by atoms with E-state index in [0.717, 1.165) is 47.7 Å². The topological polar surface area (TPSA) is 31.4 Å². The van der Waals surface area contributed by atoms with Crippen LogP contribution in [0.5, 0.6) is 0 Å². The van der Waals surface area contributed by atoms with Crippen LogP contribution in [0.15, 0.2) is 42.4 Å². The van der Waals surface area contributed by atoms with Crippen LogP contribution in [-0.2, 0) is 0 Å². The molecule has 0 radical (unpaired) electrons. The third kappa shape index (κ3) is 3.68. The fourth-order valence-electron chi connectivity index (χ4n) is 6.29. The summed E-state index contributed by atoms with van der Waals surface area (Å²) < 4.78 is 14.4. The van der Waals surface area contributed by atoms with Gasteiger partial charge < -0.3 is 15.1 Å². The fraction of sp³-hybridized carbons (Fsp3) is 0.500. The number of hydrogen-bond donors (Lipinski definition) is 1. The number of nitrogens with one attached hydrogen (secondary N) is 1. The van der Waals surface area contributed by atoms with E-state index in [-0.39, 0.29) is 5.83 Å². The molecular formula is C26H31FN4. The summed E-state index contributed by atoms with van der Waals surface area (Å²) in [5.74, 6) is 2.33. The molecule has 2 aliphatic heterocycles. The van der Waals surface area contributed by atoms with Crippen LogP contribution < -0.4 is 15.1 Å². The molecule has 4 nitrogen and oxygen atoms in total. The minimum atomic E-state index is -0.0499. The van der Waals surface area contributed by atoms with Gasteiger partial charge in [0.25, 0.3) is 0 Å². The van der Waals surface area contributed by atoms with Gasteiger partial charge in [-0.1, -0.05) is 6.42 Å². The Kier molecular flexibility index (Phi) is 4.85. The van der Waals surface area contributed by atoms with Crippen molar-refractivity contribution in [3.8, 4) is 0 Å². The van der Waals surface area contributed by atoms with Crippen molar-refractivity contribution in [2.45, 2.75) is 51.0 Å². The minimum absolute atomic E-state index is 0.0499. The second kappa shape index (κ2) is 7.85. The summed E-state index contributed by atoms with van der Waals surface area (Å²) >= 11 is 0. The van der Waals surface area contributed by atoms with Gasteiger partial charge in [-0.05, 0) is 80.7 Å². The molecule has 3 unspecified atom stereocenters. The Labute approximate surface area is 184 Å². The lowest BCUT2D eigenvalue weighted by Gasteiger charge is -2.38. The van der Waals surface area contributed by atoms with Crippen LogP contribution in [0, 0.1) is 11.8 Å². The van der Waals surface area contributed by atoms with Gasteiger partial charge in [0.1, 0.15) is 11.6 Å². The maximum atomic E-state index is 14.4. The van der Waals surface area contributed by atoms with E-state index < -0.39 is 0 Å². The molecular weight excluding hydrogens is 387 g/mol. The highest BCUT2D eigenvalue weighted by Crippen LogP contribution is 2.49. The van der Waals surface area contributed by atoms with Crippen LogP contribution in [0.1, 0.15) is 50.5 Å². The van der Waals surface area contributed by atoms with Crippen LogP contribution in [-0.4, -0.2) is 30.7 Å². The standard InChI is InChI=1S/C26H31FN4/c27-21-14-20-16-28-26(15-25(20)31(17-21)24-13-18-4-5-19(24)12-18)29-22-6-8-23(9-7-22)30-10-2-1-3-11-30/h6-9,14-16,18-19,24H,1-5,10-13,17H2,(H,28,29). The molecule has 2 aliphatic carbocycles. The lowest BCUT2D eigenvalue weighted by Crippen LogP contribution is -2.41. The summed E-state index contributed by atoms with van der Waals surface area (Å²) in [6, 6.07) is 11.3. The van der Waals surface area contributed by atoms with Crippen molar-refractivity contribution < 1.29 is 4.39 Å². The molecule has 162 valence electrons. The molecule has 2 aromatic rings. The lowest BCUT2D eigenvalue weighted by molar-refractivity contribution is 0.390. The molecule has 5 heteroatoms. The van der Waals surface area contributed by atoms with Crippen molar-refractivity contribution in [3.05, 3.63) is 47.9 Å². The van der Waals surface area contributed by atoms with Gasteiger partial charge in [0.05, 0.1) is 6.54 Å². The van der Waals surface area contributed by atoms with E-state index in [4.69, 9.17) is 0 Å².